The van der Waals surface area contributed by atoms with Crippen LogP contribution in [-0.4, -0.2) is 48.6 Å². The fraction of sp³-hybridized carbons (Fsp3) is 0.190. The zero-order chi connectivity index (χ0) is 19.8. The third kappa shape index (κ3) is 3.29. The number of aromatic nitrogens is 5. The molecule has 1 aliphatic heterocycles. The first kappa shape index (κ1) is 17.3. The molecule has 8 nitrogen and oxygen atoms in total. The summed E-state index contributed by atoms with van der Waals surface area (Å²) < 4.78 is 1.49. The van der Waals surface area contributed by atoms with Crippen molar-refractivity contribution >= 4 is 16.9 Å². The predicted octanol–water partition coefficient (Wildman–Crippen LogP) is 1.95. The minimum atomic E-state index is -0.141. The Balaban J connectivity index is 1.27. The standard InChI is InChI=1S/C21H18N6O2/c28-20-4-3-17(15-5-7-22-8-6-15)25-27(20)12-14-10-26(11-14)21(29)16-1-2-18-19(9-16)24-13-23-18/h1-9,13-14H,10-12H2,(H,23,24). The van der Waals surface area contributed by atoms with E-state index < -0.39 is 0 Å². The van der Waals surface area contributed by atoms with E-state index in [1.807, 2.05) is 24.3 Å². The Bertz CT molecular complexity index is 1240. The average molecular weight is 386 g/mol. The van der Waals surface area contributed by atoms with Gasteiger partial charge in [-0.1, -0.05) is 0 Å². The van der Waals surface area contributed by atoms with Gasteiger partial charge in [0.05, 0.1) is 29.6 Å². The normalized spacial score (nSPS) is 14.1. The summed E-state index contributed by atoms with van der Waals surface area (Å²) in [5.41, 5.74) is 3.81. The fourth-order valence-corrected chi connectivity index (χ4v) is 3.60. The second-order valence-electron chi connectivity index (χ2n) is 7.19. The average Bonchev–Trinajstić information content (AvgIpc) is 3.19. The minimum absolute atomic E-state index is 0.0106. The Kier molecular flexibility index (Phi) is 4.16. The van der Waals surface area contributed by atoms with Crippen LogP contribution in [0.3, 0.4) is 0 Å². The number of pyridine rings is 1. The van der Waals surface area contributed by atoms with Crippen LogP contribution in [0.15, 0.2) is 66.0 Å². The number of carbonyl (C=O) groups is 1. The topological polar surface area (TPSA) is 96.8 Å². The van der Waals surface area contributed by atoms with Crippen molar-refractivity contribution in [2.45, 2.75) is 6.54 Å². The van der Waals surface area contributed by atoms with Crippen LogP contribution >= 0.6 is 0 Å². The van der Waals surface area contributed by atoms with Crippen molar-refractivity contribution in [2.75, 3.05) is 13.1 Å². The summed E-state index contributed by atoms with van der Waals surface area (Å²) in [6.07, 6.45) is 5.01. The van der Waals surface area contributed by atoms with Gasteiger partial charge < -0.3 is 9.88 Å². The molecule has 144 valence electrons. The Morgan fingerprint density at radius 3 is 2.76 bits per heavy atom. The van der Waals surface area contributed by atoms with Crippen molar-refractivity contribution in [3.05, 3.63) is 77.1 Å². The number of carbonyl (C=O) groups excluding carboxylic acids is 1. The molecule has 1 fully saturated rings. The number of aromatic amines is 1. The van der Waals surface area contributed by atoms with Gasteiger partial charge in [0.15, 0.2) is 0 Å². The number of benzene rings is 1. The van der Waals surface area contributed by atoms with Crippen LogP contribution in [0.2, 0.25) is 0 Å². The number of likely N-dealkylation sites (tertiary alicyclic amines) is 1. The first-order valence-corrected chi connectivity index (χ1v) is 9.38. The van der Waals surface area contributed by atoms with E-state index in [0.29, 0.717) is 25.2 Å². The van der Waals surface area contributed by atoms with E-state index in [2.05, 4.69) is 20.1 Å². The molecule has 0 aliphatic carbocycles. The van der Waals surface area contributed by atoms with Crippen molar-refractivity contribution in [1.82, 2.24) is 29.6 Å². The van der Waals surface area contributed by atoms with Gasteiger partial charge in [-0.15, -0.1) is 0 Å². The lowest BCUT2D eigenvalue weighted by Crippen LogP contribution is -2.52. The molecule has 0 atom stereocenters. The van der Waals surface area contributed by atoms with Gasteiger partial charge >= 0.3 is 0 Å². The van der Waals surface area contributed by atoms with Gasteiger partial charge in [-0.2, -0.15) is 5.10 Å². The Morgan fingerprint density at radius 2 is 1.93 bits per heavy atom. The SMILES string of the molecule is O=C(c1ccc2nc[nH]c2c1)N1CC(Cn2nc(-c3ccncc3)ccc2=O)C1. The van der Waals surface area contributed by atoms with Crippen molar-refractivity contribution < 1.29 is 4.79 Å². The molecule has 1 N–H and O–H groups in total. The molecule has 4 aromatic rings. The molecule has 29 heavy (non-hydrogen) atoms. The van der Waals surface area contributed by atoms with E-state index in [4.69, 9.17) is 0 Å². The number of hydrogen-bond acceptors (Lipinski definition) is 5. The molecule has 0 spiro atoms. The lowest BCUT2D eigenvalue weighted by Gasteiger charge is -2.39. The van der Waals surface area contributed by atoms with Crippen LogP contribution in [0.25, 0.3) is 22.3 Å². The highest BCUT2D eigenvalue weighted by Crippen LogP contribution is 2.22. The quantitative estimate of drug-likeness (QED) is 0.578. The molecular formula is C21H18N6O2. The summed E-state index contributed by atoms with van der Waals surface area (Å²) in [5, 5.41) is 4.48. The van der Waals surface area contributed by atoms with Gasteiger partial charge in [-0.3, -0.25) is 14.6 Å². The van der Waals surface area contributed by atoms with E-state index >= 15 is 0 Å². The summed E-state index contributed by atoms with van der Waals surface area (Å²) in [6, 6.07) is 12.4. The zero-order valence-electron chi connectivity index (χ0n) is 15.5. The molecule has 0 saturated carbocycles. The summed E-state index contributed by atoms with van der Waals surface area (Å²) >= 11 is 0. The van der Waals surface area contributed by atoms with E-state index in [-0.39, 0.29) is 17.4 Å². The molecule has 4 heterocycles. The number of imidazole rings is 1. The van der Waals surface area contributed by atoms with Crippen molar-refractivity contribution in [3.8, 4) is 11.3 Å². The maximum Gasteiger partial charge on any atom is 0.266 e. The molecule has 0 unspecified atom stereocenters. The van der Waals surface area contributed by atoms with Crippen LogP contribution in [0.5, 0.6) is 0 Å². The number of nitrogens with one attached hydrogen (secondary N) is 1. The molecule has 1 aromatic carbocycles. The molecule has 1 aliphatic rings. The Morgan fingerprint density at radius 1 is 1.10 bits per heavy atom. The Labute approximate surface area is 165 Å². The minimum Gasteiger partial charge on any atom is -0.345 e. The Hall–Kier alpha value is -3.81. The number of nitrogens with zero attached hydrogens (tertiary/aromatic N) is 5. The molecule has 3 aromatic heterocycles. The fourth-order valence-electron chi connectivity index (χ4n) is 3.60. The summed E-state index contributed by atoms with van der Waals surface area (Å²) in [5.74, 6) is 0.191. The second kappa shape index (κ2) is 6.97. The highest BCUT2D eigenvalue weighted by molar-refractivity contribution is 5.97. The predicted molar refractivity (Wildman–Crippen MR) is 107 cm³/mol. The van der Waals surface area contributed by atoms with Crippen molar-refractivity contribution in [3.63, 3.8) is 0 Å². The van der Waals surface area contributed by atoms with Crippen molar-refractivity contribution in [2.24, 2.45) is 5.92 Å². The first-order valence-electron chi connectivity index (χ1n) is 9.38. The first-order chi connectivity index (χ1) is 14.2. The van der Waals surface area contributed by atoms with E-state index in [1.54, 1.807) is 35.8 Å². The smallest absolute Gasteiger partial charge is 0.266 e. The number of rotatable bonds is 4. The third-order valence-electron chi connectivity index (χ3n) is 5.19. The van der Waals surface area contributed by atoms with E-state index in [1.165, 1.54) is 10.7 Å². The number of amides is 1. The zero-order valence-corrected chi connectivity index (χ0v) is 15.5. The number of fused-ring (bicyclic) bond motifs is 1. The maximum absolute atomic E-state index is 12.7. The van der Waals surface area contributed by atoms with Gasteiger partial charge in [0.1, 0.15) is 0 Å². The van der Waals surface area contributed by atoms with Crippen molar-refractivity contribution in [1.29, 1.82) is 0 Å². The highest BCUT2D eigenvalue weighted by Gasteiger charge is 2.32. The van der Waals surface area contributed by atoms with Crippen LogP contribution in [0.1, 0.15) is 10.4 Å². The van der Waals surface area contributed by atoms with Crippen LogP contribution in [0.4, 0.5) is 0 Å². The molecule has 1 amide bonds. The summed E-state index contributed by atoms with van der Waals surface area (Å²) in [4.78, 5) is 37.9. The van der Waals surface area contributed by atoms with Crippen LogP contribution in [0, 0.1) is 5.92 Å². The van der Waals surface area contributed by atoms with E-state index in [9.17, 15) is 9.59 Å². The molecule has 0 bridgehead atoms. The number of hydrogen-bond donors (Lipinski definition) is 1. The van der Waals surface area contributed by atoms with Gasteiger partial charge in [-0.25, -0.2) is 9.67 Å². The van der Waals surface area contributed by atoms with Gasteiger partial charge in [0.25, 0.3) is 11.5 Å². The molecule has 1 saturated heterocycles. The third-order valence-corrected chi connectivity index (χ3v) is 5.19. The molecular weight excluding hydrogens is 368 g/mol. The molecule has 0 radical (unpaired) electrons. The second-order valence-corrected chi connectivity index (χ2v) is 7.19. The van der Waals surface area contributed by atoms with Gasteiger partial charge in [0.2, 0.25) is 0 Å². The molecule has 8 heteroatoms. The highest BCUT2D eigenvalue weighted by atomic mass is 16.2. The van der Waals surface area contributed by atoms with E-state index in [0.717, 1.165) is 22.3 Å². The van der Waals surface area contributed by atoms with Crippen LogP contribution in [-0.2, 0) is 6.54 Å². The van der Waals surface area contributed by atoms with Gasteiger partial charge in [-0.05, 0) is 36.4 Å². The largest absolute Gasteiger partial charge is 0.345 e. The van der Waals surface area contributed by atoms with Gasteiger partial charge in [0, 0.05) is 48.6 Å². The monoisotopic (exact) mass is 386 g/mol. The van der Waals surface area contributed by atoms with Crippen LogP contribution < -0.4 is 5.56 Å². The summed E-state index contributed by atoms with van der Waals surface area (Å²) in [7, 11) is 0. The lowest BCUT2D eigenvalue weighted by molar-refractivity contribution is 0.0459. The molecule has 5 rings (SSSR count). The lowest BCUT2D eigenvalue weighted by atomic mass is 9.98. The summed E-state index contributed by atoms with van der Waals surface area (Å²) in [6.45, 7) is 1.70. The maximum atomic E-state index is 12.7. The number of H-pyrrole nitrogens is 1.